The summed E-state index contributed by atoms with van der Waals surface area (Å²) >= 11 is 0. The second-order valence-corrected chi connectivity index (χ2v) is 6.24. The normalized spacial score (nSPS) is 9.50. The lowest BCUT2D eigenvalue weighted by Crippen LogP contribution is -2.20. The number of rotatable bonds is 6. The van der Waals surface area contributed by atoms with Gasteiger partial charge in [-0.3, -0.25) is 9.59 Å². The molecule has 1 aromatic heterocycles. The van der Waals surface area contributed by atoms with Crippen molar-refractivity contribution in [3.05, 3.63) is 53.0 Å². The molecule has 0 aliphatic carbocycles. The molecule has 0 saturated heterocycles. The fourth-order valence-corrected chi connectivity index (χ4v) is 2.53. The van der Waals surface area contributed by atoms with Crippen LogP contribution in [0.25, 0.3) is 0 Å². The van der Waals surface area contributed by atoms with Gasteiger partial charge < -0.3 is 20.0 Å². The first-order valence-corrected chi connectivity index (χ1v) is 8.74. The summed E-state index contributed by atoms with van der Waals surface area (Å²) in [6.45, 7) is 5.40. The van der Waals surface area contributed by atoms with Gasteiger partial charge in [-0.05, 0) is 38.6 Å². The van der Waals surface area contributed by atoms with Crippen LogP contribution in [0.1, 0.15) is 29.4 Å². The molecule has 2 rings (SSSR count). The summed E-state index contributed by atoms with van der Waals surface area (Å²) in [6, 6.07) is 8.81. The highest BCUT2D eigenvalue weighted by molar-refractivity contribution is 5.46. The highest BCUT2D eigenvalue weighted by Crippen LogP contribution is 2.19. The molecule has 154 valence electrons. The van der Waals surface area contributed by atoms with Crippen LogP contribution in [0.4, 0.5) is 5.82 Å². The van der Waals surface area contributed by atoms with Crippen molar-refractivity contribution >= 4 is 18.8 Å². The maximum atomic E-state index is 8.36. The van der Waals surface area contributed by atoms with E-state index in [9.17, 15) is 0 Å². The lowest BCUT2D eigenvalue weighted by Gasteiger charge is -2.21. The summed E-state index contributed by atoms with van der Waals surface area (Å²) in [4.78, 5) is 30.0. The molecular formula is C20H30N4O4. The molecule has 0 amide bonds. The standard InChI is InChI=1S/C18H26N4.2CH2O2/c1-6-17-11-19-14(2)20-18(17)22(5)13-16-9-7-15(8-10-16)12-21(3)4;2*2-1-3/h7-11H,6,12-13H2,1-5H3;2*1H,(H,2,3). The molecule has 0 radical (unpaired) electrons. The van der Waals surface area contributed by atoms with E-state index >= 15 is 0 Å². The Morgan fingerprint density at radius 3 is 1.86 bits per heavy atom. The van der Waals surface area contributed by atoms with Gasteiger partial charge in [-0.1, -0.05) is 31.2 Å². The van der Waals surface area contributed by atoms with Crippen molar-refractivity contribution in [2.75, 3.05) is 26.0 Å². The van der Waals surface area contributed by atoms with Crippen LogP contribution in [-0.2, 0) is 29.1 Å². The molecule has 0 saturated carbocycles. The molecular weight excluding hydrogens is 360 g/mol. The molecule has 8 heteroatoms. The minimum Gasteiger partial charge on any atom is -0.483 e. The number of nitrogens with zero attached hydrogens (tertiary/aromatic N) is 4. The molecule has 8 nitrogen and oxygen atoms in total. The molecule has 2 aromatic rings. The number of hydrogen-bond acceptors (Lipinski definition) is 6. The highest BCUT2D eigenvalue weighted by atomic mass is 16.3. The van der Waals surface area contributed by atoms with Crippen LogP contribution in [-0.4, -0.2) is 59.2 Å². The third-order valence-electron chi connectivity index (χ3n) is 3.65. The predicted molar refractivity (Wildman–Crippen MR) is 109 cm³/mol. The molecule has 0 unspecified atom stereocenters. The SMILES string of the molecule is CCc1cnc(C)nc1N(C)Cc1ccc(CN(C)C)cc1.O=CO.O=CO. The summed E-state index contributed by atoms with van der Waals surface area (Å²) in [6.07, 6.45) is 2.88. The minimum atomic E-state index is -0.250. The van der Waals surface area contributed by atoms with Gasteiger partial charge in [-0.25, -0.2) is 9.97 Å². The van der Waals surface area contributed by atoms with Gasteiger partial charge in [-0.15, -0.1) is 0 Å². The van der Waals surface area contributed by atoms with Gasteiger partial charge in [0.05, 0.1) is 0 Å². The van der Waals surface area contributed by atoms with Gasteiger partial charge in [0, 0.05) is 31.9 Å². The molecule has 2 N–H and O–H groups in total. The summed E-state index contributed by atoms with van der Waals surface area (Å²) in [5.41, 5.74) is 3.82. The van der Waals surface area contributed by atoms with Crippen LogP contribution in [0, 0.1) is 6.92 Å². The zero-order chi connectivity index (χ0) is 21.5. The second kappa shape index (κ2) is 14.1. The smallest absolute Gasteiger partial charge is 0.290 e. The maximum absolute atomic E-state index is 8.36. The average molecular weight is 390 g/mol. The van der Waals surface area contributed by atoms with Gasteiger partial charge in [0.2, 0.25) is 0 Å². The van der Waals surface area contributed by atoms with Crippen molar-refractivity contribution < 1.29 is 19.8 Å². The number of carboxylic acid groups (broad SMARTS) is 2. The Morgan fingerprint density at radius 2 is 1.43 bits per heavy atom. The van der Waals surface area contributed by atoms with Crippen molar-refractivity contribution in [2.45, 2.75) is 33.4 Å². The summed E-state index contributed by atoms with van der Waals surface area (Å²) in [5.74, 6) is 1.85. The Balaban J connectivity index is 0.00000108. The fraction of sp³-hybridized carbons (Fsp3) is 0.400. The van der Waals surface area contributed by atoms with E-state index in [0.717, 1.165) is 31.2 Å². The molecule has 1 aromatic carbocycles. The van der Waals surface area contributed by atoms with Gasteiger partial charge >= 0.3 is 0 Å². The van der Waals surface area contributed by atoms with Crippen molar-refractivity contribution in [1.82, 2.24) is 14.9 Å². The van der Waals surface area contributed by atoms with E-state index in [4.69, 9.17) is 19.8 Å². The van der Waals surface area contributed by atoms with Gasteiger partial charge in [-0.2, -0.15) is 0 Å². The number of hydrogen-bond donors (Lipinski definition) is 2. The Bertz CT molecular complexity index is 700. The van der Waals surface area contributed by atoms with E-state index in [2.05, 4.69) is 72.1 Å². The highest BCUT2D eigenvalue weighted by Gasteiger charge is 2.10. The number of carbonyl (C=O) groups is 2. The predicted octanol–water partition coefficient (Wildman–Crippen LogP) is 2.45. The van der Waals surface area contributed by atoms with E-state index in [1.54, 1.807) is 0 Å². The average Bonchev–Trinajstić information content (AvgIpc) is 2.64. The van der Waals surface area contributed by atoms with E-state index in [1.165, 1.54) is 16.7 Å². The van der Waals surface area contributed by atoms with Gasteiger partial charge in [0.15, 0.2) is 0 Å². The zero-order valence-corrected chi connectivity index (χ0v) is 17.2. The first-order chi connectivity index (χ1) is 13.3. The minimum absolute atomic E-state index is 0.250. The second-order valence-electron chi connectivity index (χ2n) is 6.24. The van der Waals surface area contributed by atoms with Crippen LogP contribution in [0.3, 0.4) is 0 Å². The zero-order valence-electron chi connectivity index (χ0n) is 17.2. The largest absolute Gasteiger partial charge is 0.483 e. The fourth-order valence-electron chi connectivity index (χ4n) is 2.53. The van der Waals surface area contributed by atoms with Crippen LogP contribution < -0.4 is 4.90 Å². The van der Waals surface area contributed by atoms with Crippen molar-refractivity contribution in [2.24, 2.45) is 0 Å². The molecule has 0 bridgehead atoms. The van der Waals surface area contributed by atoms with Crippen molar-refractivity contribution in [3.63, 3.8) is 0 Å². The third kappa shape index (κ3) is 9.63. The molecule has 1 heterocycles. The topological polar surface area (TPSA) is 107 Å². The van der Waals surface area contributed by atoms with E-state index in [0.29, 0.717) is 0 Å². The molecule has 28 heavy (non-hydrogen) atoms. The Kier molecular flexibility index (Phi) is 12.6. The summed E-state index contributed by atoms with van der Waals surface area (Å²) in [7, 11) is 6.27. The molecule has 0 aliphatic rings. The van der Waals surface area contributed by atoms with Gasteiger partial charge in [0.1, 0.15) is 11.6 Å². The summed E-state index contributed by atoms with van der Waals surface area (Å²) in [5, 5.41) is 13.8. The molecule has 0 atom stereocenters. The van der Waals surface area contributed by atoms with Crippen LogP contribution in [0.2, 0.25) is 0 Å². The van der Waals surface area contributed by atoms with E-state index in [-0.39, 0.29) is 12.9 Å². The molecule has 0 fully saturated rings. The maximum Gasteiger partial charge on any atom is 0.290 e. The first kappa shape index (κ1) is 25.0. The Morgan fingerprint density at radius 1 is 0.964 bits per heavy atom. The lowest BCUT2D eigenvalue weighted by atomic mass is 10.1. The number of aryl methyl sites for hydroxylation is 2. The monoisotopic (exact) mass is 390 g/mol. The first-order valence-electron chi connectivity index (χ1n) is 8.74. The van der Waals surface area contributed by atoms with Crippen LogP contribution in [0.5, 0.6) is 0 Å². The quantitative estimate of drug-likeness (QED) is 0.725. The number of aromatic nitrogens is 2. The van der Waals surface area contributed by atoms with Gasteiger partial charge in [0.25, 0.3) is 12.9 Å². The molecule has 0 aliphatic heterocycles. The third-order valence-corrected chi connectivity index (χ3v) is 3.65. The Labute approximate surface area is 166 Å². The van der Waals surface area contributed by atoms with E-state index < -0.39 is 0 Å². The lowest BCUT2D eigenvalue weighted by molar-refractivity contribution is -0.123. The van der Waals surface area contributed by atoms with E-state index in [1.807, 2.05) is 13.1 Å². The van der Waals surface area contributed by atoms with Crippen LogP contribution in [0.15, 0.2) is 30.5 Å². The molecule has 0 spiro atoms. The number of benzene rings is 1. The van der Waals surface area contributed by atoms with Crippen molar-refractivity contribution in [3.8, 4) is 0 Å². The number of anilines is 1. The summed E-state index contributed by atoms with van der Waals surface area (Å²) < 4.78 is 0. The van der Waals surface area contributed by atoms with Crippen molar-refractivity contribution in [1.29, 1.82) is 0 Å². The Hall–Kier alpha value is -3.00. The van der Waals surface area contributed by atoms with Crippen LogP contribution >= 0.6 is 0 Å².